The standard InChI is InChI=1S/C28H27ClF2N4O2/c1-16-13-20(26-21(14-16)24(36)17(2)25(37-26)19-5-4-10-32-15-19)18(3)33-22-6-7-23(29)34-27(22)35-11-8-28(30,31)9-12-35/h4-7,10,13-15,18,33H,8-9,11-12H2,1-3H3/t18-/m1/s1. The molecule has 0 saturated carbocycles. The van der Waals surface area contributed by atoms with Crippen molar-refractivity contribution in [3.63, 3.8) is 0 Å². The third kappa shape index (κ3) is 5.03. The van der Waals surface area contributed by atoms with Crippen molar-refractivity contribution in [2.45, 2.75) is 45.6 Å². The van der Waals surface area contributed by atoms with Crippen molar-refractivity contribution in [3.8, 4) is 11.3 Å². The molecule has 1 atom stereocenters. The van der Waals surface area contributed by atoms with Gasteiger partial charge >= 0.3 is 0 Å². The smallest absolute Gasteiger partial charge is 0.251 e. The van der Waals surface area contributed by atoms with Crippen LogP contribution in [0.2, 0.25) is 5.15 Å². The van der Waals surface area contributed by atoms with Crippen molar-refractivity contribution in [3.05, 3.63) is 80.9 Å². The Morgan fingerprint density at radius 1 is 1.16 bits per heavy atom. The largest absolute Gasteiger partial charge is 0.455 e. The summed E-state index contributed by atoms with van der Waals surface area (Å²) in [6, 6.07) is 10.6. The quantitative estimate of drug-likeness (QED) is 0.285. The maximum Gasteiger partial charge on any atom is 0.251 e. The zero-order valence-corrected chi connectivity index (χ0v) is 21.6. The second-order valence-corrected chi connectivity index (χ2v) is 9.96. The van der Waals surface area contributed by atoms with Gasteiger partial charge in [-0.1, -0.05) is 17.7 Å². The molecule has 0 radical (unpaired) electrons. The van der Waals surface area contributed by atoms with E-state index >= 15 is 0 Å². The molecule has 1 saturated heterocycles. The van der Waals surface area contributed by atoms with E-state index in [1.165, 1.54) is 0 Å². The summed E-state index contributed by atoms with van der Waals surface area (Å²) in [5.41, 5.74) is 4.01. The number of aryl methyl sites for hydroxylation is 1. The Kier molecular flexibility index (Phi) is 6.62. The van der Waals surface area contributed by atoms with Crippen LogP contribution in [0.4, 0.5) is 20.3 Å². The second-order valence-electron chi connectivity index (χ2n) is 9.57. The predicted molar refractivity (Wildman–Crippen MR) is 143 cm³/mol. The van der Waals surface area contributed by atoms with Gasteiger partial charge < -0.3 is 14.6 Å². The molecule has 5 rings (SSSR count). The van der Waals surface area contributed by atoms with Crippen LogP contribution in [-0.2, 0) is 0 Å². The molecule has 6 nitrogen and oxygen atoms in total. The van der Waals surface area contributed by atoms with Crippen molar-refractivity contribution >= 4 is 34.1 Å². The third-order valence-electron chi connectivity index (χ3n) is 6.79. The van der Waals surface area contributed by atoms with Crippen LogP contribution in [0.3, 0.4) is 0 Å². The van der Waals surface area contributed by atoms with Crippen molar-refractivity contribution in [1.82, 2.24) is 9.97 Å². The molecular weight excluding hydrogens is 498 g/mol. The van der Waals surface area contributed by atoms with Gasteiger partial charge in [-0.2, -0.15) is 0 Å². The highest BCUT2D eigenvalue weighted by atomic mass is 35.5. The van der Waals surface area contributed by atoms with E-state index in [4.69, 9.17) is 16.0 Å². The fraction of sp³-hybridized carbons (Fsp3) is 0.321. The first-order chi connectivity index (χ1) is 17.6. The molecule has 1 fully saturated rings. The number of pyridine rings is 2. The number of aromatic nitrogens is 2. The van der Waals surface area contributed by atoms with Gasteiger partial charge in [-0.05, 0) is 56.7 Å². The highest BCUT2D eigenvalue weighted by Crippen LogP contribution is 2.36. The van der Waals surface area contributed by atoms with Crippen LogP contribution in [-0.4, -0.2) is 29.0 Å². The Morgan fingerprint density at radius 2 is 1.92 bits per heavy atom. The molecular formula is C28H27ClF2N4O2. The summed E-state index contributed by atoms with van der Waals surface area (Å²) in [6.07, 6.45) is 2.86. The molecule has 0 aliphatic carbocycles. The molecule has 0 amide bonds. The van der Waals surface area contributed by atoms with Gasteiger partial charge in [0.1, 0.15) is 16.5 Å². The lowest BCUT2D eigenvalue weighted by atomic mass is 9.99. The lowest BCUT2D eigenvalue weighted by molar-refractivity contribution is -0.0221. The highest BCUT2D eigenvalue weighted by molar-refractivity contribution is 6.29. The molecule has 1 aliphatic rings. The van der Waals surface area contributed by atoms with E-state index in [1.54, 1.807) is 37.5 Å². The van der Waals surface area contributed by atoms with Gasteiger partial charge in [0, 0.05) is 55.0 Å². The maximum absolute atomic E-state index is 13.8. The summed E-state index contributed by atoms with van der Waals surface area (Å²) in [7, 11) is 0. The van der Waals surface area contributed by atoms with E-state index in [0.717, 1.165) is 16.7 Å². The number of anilines is 2. The van der Waals surface area contributed by atoms with Crippen LogP contribution in [0.15, 0.2) is 58.0 Å². The minimum Gasteiger partial charge on any atom is -0.455 e. The summed E-state index contributed by atoms with van der Waals surface area (Å²) >= 11 is 6.18. The topological polar surface area (TPSA) is 71.3 Å². The van der Waals surface area contributed by atoms with E-state index in [1.807, 2.05) is 36.9 Å². The van der Waals surface area contributed by atoms with E-state index in [2.05, 4.69) is 15.3 Å². The van der Waals surface area contributed by atoms with Gasteiger partial charge in [-0.3, -0.25) is 9.78 Å². The van der Waals surface area contributed by atoms with E-state index in [-0.39, 0.29) is 42.6 Å². The summed E-state index contributed by atoms with van der Waals surface area (Å²) < 4.78 is 33.9. The van der Waals surface area contributed by atoms with Crippen LogP contribution in [0, 0.1) is 13.8 Å². The average molecular weight is 525 g/mol. The fourth-order valence-electron chi connectivity index (χ4n) is 4.80. The third-order valence-corrected chi connectivity index (χ3v) is 7.00. The first kappa shape index (κ1) is 25.1. The molecule has 3 aromatic heterocycles. The maximum atomic E-state index is 13.8. The first-order valence-electron chi connectivity index (χ1n) is 12.2. The number of halogens is 3. The van der Waals surface area contributed by atoms with Gasteiger partial charge in [0.2, 0.25) is 0 Å². The number of piperidine rings is 1. The number of benzene rings is 1. The monoisotopic (exact) mass is 524 g/mol. The SMILES string of the molecule is Cc1cc([C@@H](C)Nc2ccc(Cl)nc2N2CCC(F)(F)CC2)c2oc(-c3cccnc3)c(C)c(=O)c2c1. The normalized spacial score (nSPS) is 16.1. The van der Waals surface area contributed by atoms with E-state index in [0.29, 0.717) is 33.8 Å². The molecule has 4 aromatic rings. The zero-order valence-electron chi connectivity index (χ0n) is 20.8. The minimum atomic E-state index is -2.67. The van der Waals surface area contributed by atoms with E-state index in [9.17, 15) is 13.6 Å². The Hall–Kier alpha value is -3.52. The van der Waals surface area contributed by atoms with Crippen molar-refractivity contribution < 1.29 is 13.2 Å². The number of rotatable bonds is 5. The molecule has 4 heterocycles. The van der Waals surface area contributed by atoms with Crippen LogP contribution in [0.1, 0.15) is 42.5 Å². The number of nitrogens with zero attached hydrogens (tertiary/aromatic N) is 3. The lowest BCUT2D eigenvalue weighted by Gasteiger charge is -2.34. The van der Waals surface area contributed by atoms with Gasteiger partial charge in [-0.15, -0.1) is 0 Å². The molecule has 1 aliphatic heterocycles. The predicted octanol–water partition coefficient (Wildman–Crippen LogP) is 6.93. The Bertz CT molecular complexity index is 1510. The first-order valence-corrected chi connectivity index (χ1v) is 12.5. The Balaban J connectivity index is 1.56. The Labute approximate surface area is 218 Å². The van der Waals surface area contributed by atoms with Gasteiger partial charge in [0.25, 0.3) is 5.92 Å². The van der Waals surface area contributed by atoms with Crippen LogP contribution in [0.25, 0.3) is 22.3 Å². The summed E-state index contributed by atoms with van der Waals surface area (Å²) in [5.74, 6) is -1.66. The summed E-state index contributed by atoms with van der Waals surface area (Å²) in [5, 5.41) is 4.25. The molecule has 9 heteroatoms. The van der Waals surface area contributed by atoms with Crippen molar-refractivity contribution in [2.75, 3.05) is 23.3 Å². The van der Waals surface area contributed by atoms with Gasteiger partial charge in [0.15, 0.2) is 11.2 Å². The fourth-order valence-corrected chi connectivity index (χ4v) is 4.94. The van der Waals surface area contributed by atoms with Gasteiger partial charge in [0.05, 0.1) is 17.1 Å². The van der Waals surface area contributed by atoms with Gasteiger partial charge in [-0.25, -0.2) is 13.8 Å². The van der Waals surface area contributed by atoms with Crippen LogP contribution < -0.4 is 15.6 Å². The average Bonchev–Trinajstić information content (AvgIpc) is 2.87. The van der Waals surface area contributed by atoms with E-state index < -0.39 is 5.92 Å². The Morgan fingerprint density at radius 3 is 2.62 bits per heavy atom. The molecule has 1 aromatic carbocycles. The molecule has 37 heavy (non-hydrogen) atoms. The zero-order chi connectivity index (χ0) is 26.3. The summed E-state index contributed by atoms with van der Waals surface area (Å²) in [4.78, 5) is 23.8. The highest BCUT2D eigenvalue weighted by Gasteiger charge is 2.35. The number of hydrogen-bond acceptors (Lipinski definition) is 6. The molecule has 0 unspecified atom stereocenters. The number of hydrogen-bond donors (Lipinski definition) is 1. The summed E-state index contributed by atoms with van der Waals surface area (Å²) in [6.45, 7) is 6.01. The molecule has 192 valence electrons. The minimum absolute atomic E-state index is 0.0969. The molecule has 0 spiro atoms. The van der Waals surface area contributed by atoms with Crippen molar-refractivity contribution in [2.24, 2.45) is 0 Å². The lowest BCUT2D eigenvalue weighted by Crippen LogP contribution is -2.40. The van der Waals surface area contributed by atoms with Crippen LogP contribution >= 0.6 is 11.6 Å². The van der Waals surface area contributed by atoms with Crippen LogP contribution in [0.5, 0.6) is 0 Å². The molecule has 1 N–H and O–H groups in total. The second kappa shape index (κ2) is 9.74. The van der Waals surface area contributed by atoms with Crippen molar-refractivity contribution in [1.29, 1.82) is 0 Å². The molecule has 0 bridgehead atoms. The number of nitrogens with one attached hydrogen (secondary N) is 1. The number of alkyl halides is 2. The number of fused-ring (bicyclic) bond motifs is 1.